The van der Waals surface area contributed by atoms with Crippen molar-refractivity contribution in [1.29, 1.82) is 5.26 Å². The van der Waals surface area contributed by atoms with Crippen LogP contribution < -0.4 is 0 Å². The van der Waals surface area contributed by atoms with Crippen LogP contribution in [0.4, 0.5) is 0 Å². The van der Waals surface area contributed by atoms with Crippen molar-refractivity contribution in [1.82, 2.24) is 0 Å². The quantitative estimate of drug-likeness (QED) is 0.636. The van der Waals surface area contributed by atoms with Gasteiger partial charge in [0.2, 0.25) is 0 Å². The Morgan fingerprint density at radius 2 is 2.05 bits per heavy atom. The summed E-state index contributed by atoms with van der Waals surface area (Å²) < 4.78 is 0. The Hall–Kier alpha value is -1.33. The van der Waals surface area contributed by atoms with Gasteiger partial charge in [0.05, 0.1) is 6.07 Å². The van der Waals surface area contributed by atoms with Gasteiger partial charge in [0.1, 0.15) is 5.92 Å². The topological polar surface area (TPSA) is 40.9 Å². The predicted molar refractivity (Wildman–Crippen MR) is 78.2 cm³/mol. The molecule has 0 spiro atoms. The highest BCUT2D eigenvalue weighted by Crippen LogP contribution is 2.22. The highest BCUT2D eigenvalue weighted by atomic mass is 35.5. The van der Waals surface area contributed by atoms with Gasteiger partial charge < -0.3 is 0 Å². The van der Waals surface area contributed by atoms with E-state index in [-0.39, 0.29) is 5.78 Å². The van der Waals surface area contributed by atoms with Gasteiger partial charge in [0.25, 0.3) is 0 Å². The first kappa shape index (κ1) is 15.7. The molecule has 0 N–H and O–H groups in total. The zero-order valence-electron chi connectivity index (χ0n) is 11.4. The molecule has 0 amide bonds. The van der Waals surface area contributed by atoms with E-state index in [4.69, 9.17) is 16.9 Å². The first-order chi connectivity index (χ1) is 9.19. The second kappa shape index (κ2) is 8.72. The SMILES string of the molecule is CCCCCCCC(=O)C(C#N)c1cccc(Cl)c1. The number of carbonyl (C=O) groups excluding carboxylic acids is 1. The summed E-state index contributed by atoms with van der Waals surface area (Å²) in [5, 5.41) is 9.73. The molecule has 0 saturated heterocycles. The number of carbonyl (C=O) groups is 1. The third kappa shape index (κ3) is 5.44. The summed E-state index contributed by atoms with van der Waals surface area (Å²) >= 11 is 5.89. The van der Waals surface area contributed by atoms with Gasteiger partial charge >= 0.3 is 0 Å². The van der Waals surface area contributed by atoms with Crippen LogP contribution in [0.5, 0.6) is 0 Å². The third-order valence-electron chi connectivity index (χ3n) is 3.16. The van der Waals surface area contributed by atoms with E-state index in [1.807, 2.05) is 0 Å². The van der Waals surface area contributed by atoms with Gasteiger partial charge in [-0.1, -0.05) is 56.3 Å². The Morgan fingerprint density at radius 1 is 1.32 bits per heavy atom. The number of unbranched alkanes of at least 4 members (excludes halogenated alkanes) is 4. The minimum atomic E-state index is -0.676. The average molecular weight is 278 g/mol. The zero-order chi connectivity index (χ0) is 14.1. The van der Waals surface area contributed by atoms with Gasteiger partial charge in [0, 0.05) is 11.4 Å². The van der Waals surface area contributed by atoms with Gasteiger partial charge in [0.15, 0.2) is 5.78 Å². The Balaban J connectivity index is 2.51. The first-order valence-corrected chi connectivity index (χ1v) is 7.24. The molecule has 19 heavy (non-hydrogen) atoms. The molecule has 0 aliphatic carbocycles. The molecule has 0 fully saturated rings. The van der Waals surface area contributed by atoms with Gasteiger partial charge in [-0.3, -0.25) is 4.79 Å². The standard InChI is InChI=1S/C16H20ClNO/c1-2-3-4-5-6-10-16(19)15(12-18)13-8-7-9-14(17)11-13/h7-9,11,15H,2-6,10H2,1H3. The lowest BCUT2D eigenvalue weighted by Gasteiger charge is -2.08. The second-order valence-electron chi connectivity index (χ2n) is 4.75. The maximum Gasteiger partial charge on any atom is 0.154 e. The van der Waals surface area contributed by atoms with Crippen molar-refractivity contribution in [3.05, 3.63) is 34.9 Å². The number of nitrogens with zero attached hydrogens (tertiary/aromatic N) is 1. The van der Waals surface area contributed by atoms with Crippen LogP contribution in [0.25, 0.3) is 0 Å². The number of nitriles is 1. The third-order valence-corrected chi connectivity index (χ3v) is 3.39. The number of hydrogen-bond acceptors (Lipinski definition) is 2. The summed E-state index contributed by atoms with van der Waals surface area (Å²) in [6.45, 7) is 2.16. The van der Waals surface area contributed by atoms with Crippen LogP contribution in [0, 0.1) is 11.3 Å². The number of benzene rings is 1. The summed E-state index contributed by atoms with van der Waals surface area (Å²) in [6.07, 6.45) is 5.99. The van der Waals surface area contributed by atoms with Crippen LogP contribution in [0.15, 0.2) is 24.3 Å². The van der Waals surface area contributed by atoms with E-state index < -0.39 is 5.92 Å². The zero-order valence-corrected chi connectivity index (χ0v) is 12.1. The number of rotatable bonds is 8. The Kier molecular flexibility index (Phi) is 7.22. The van der Waals surface area contributed by atoms with E-state index in [1.54, 1.807) is 24.3 Å². The largest absolute Gasteiger partial charge is 0.298 e. The molecule has 0 radical (unpaired) electrons. The lowest BCUT2D eigenvalue weighted by molar-refractivity contribution is -0.119. The summed E-state index contributed by atoms with van der Waals surface area (Å²) in [4.78, 5) is 12.1. The van der Waals surface area contributed by atoms with Crippen LogP contribution in [-0.4, -0.2) is 5.78 Å². The second-order valence-corrected chi connectivity index (χ2v) is 5.18. The highest BCUT2D eigenvalue weighted by molar-refractivity contribution is 6.30. The minimum absolute atomic E-state index is 0.00117. The number of ketones is 1. The van der Waals surface area contributed by atoms with E-state index in [2.05, 4.69) is 13.0 Å². The molecule has 1 aromatic rings. The van der Waals surface area contributed by atoms with Crippen molar-refractivity contribution in [2.24, 2.45) is 0 Å². The number of hydrogen-bond donors (Lipinski definition) is 0. The molecular formula is C16H20ClNO. The monoisotopic (exact) mass is 277 g/mol. The van der Waals surface area contributed by atoms with Gasteiger partial charge in [-0.25, -0.2) is 0 Å². The molecule has 1 unspecified atom stereocenters. The molecule has 0 aliphatic rings. The normalized spacial score (nSPS) is 11.8. The number of halogens is 1. The summed E-state index contributed by atoms with van der Waals surface area (Å²) in [5.74, 6) is -0.675. The molecule has 0 bridgehead atoms. The predicted octanol–water partition coefficient (Wildman–Crippen LogP) is 4.88. The molecule has 102 valence electrons. The van der Waals surface area contributed by atoms with Crippen molar-refractivity contribution >= 4 is 17.4 Å². The van der Waals surface area contributed by atoms with E-state index in [0.717, 1.165) is 19.3 Å². The minimum Gasteiger partial charge on any atom is -0.298 e. The van der Waals surface area contributed by atoms with Gasteiger partial charge in [-0.15, -0.1) is 0 Å². The van der Waals surface area contributed by atoms with E-state index >= 15 is 0 Å². The molecular weight excluding hydrogens is 258 g/mol. The smallest absolute Gasteiger partial charge is 0.154 e. The molecule has 0 heterocycles. The molecule has 3 heteroatoms. The Morgan fingerprint density at radius 3 is 2.68 bits per heavy atom. The van der Waals surface area contributed by atoms with E-state index in [9.17, 15) is 4.79 Å². The van der Waals surface area contributed by atoms with Crippen molar-refractivity contribution in [2.75, 3.05) is 0 Å². The number of Topliss-reactive ketones (excluding diaryl/α,β-unsaturated/α-hetero) is 1. The molecule has 2 nitrogen and oxygen atoms in total. The maximum absolute atomic E-state index is 12.1. The molecule has 0 saturated carbocycles. The molecule has 1 aromatic carbocycles. The molecule has 1 atom stereocenters. The highest BCUT2D eigenvalue weighted by Gasteiger charge is 2.19. The summed E-state index contributed by atoms with van der Waals surface area (Å²) in [6, 6.07) is 9.09. The fourth-order valence-electron chi connectivity index (χ4n) is 2.07. The van der Waals surface area contributed by atoms with Crippen LogP contribution in [0.2, 0.25) is 5.02 Å². The van der Waals surface area contributed by atoms with Crippen molar-refractivity contribution < 1.29 is 4.79 Å². The molecule has 0 aromatic heterocycles. The Labute approximate surface area is 120 Å². The average Bonchev–Trinajstić information content (AvgIpc) is 2.39. The van der Waals surface area contributed by atoms with Crippen molar-refractivity contribution in [3.63, 3.8) is 0 Å². The van der Waals surface area contributed by atoms with Crippen LogP contribution >= 0.6 is 11.6 Å². The summed E-state index contributed by atoms with van der Waals surface area (Å²) in [5.41, 5.74) is 0.702. The van der Waals surface area contributed by atoms with Crippen molar-refractivity contribution in [2.45, 2.75) is 51.4 Å². The van der Waals surface area contributed by atoms with E-state index in [1.165, 1.54) is 12.8 Å². The lowest BCUT2D eigenvalue weighted by atomic mass is 9.93. The maximum atomic E-state index is 12.1. The fourth-order valence-corrected chi connectivity index (χ4v) is 2.26. The van der Waals surface area contributed by atoms with Crippen LogP contribution in [0.1, 0.15) is 56.9 Å². The van der Waals surface area contributed by atoms with E-state index in [0.29, 0.717) is 17.0 Å². The fraction of sp³-hybridized carbons (Fsp3) is 0.500. The lowest BCUT2D eigenvalue weighted by Crippen LogP contribution is -2.10. The summed E-state index contributed by atoms with van der Waals surface area (Å²) in [7, 11) is 0. The Bertz CT molecular complexity index is 450. The van der Waals surface area contributed by atoms with Crippen LogP contribution in [0.3, 0.4) is 0 Å². The van der Waals surface area contributed by atoms with Crippen LogP contribution in [-0.2, 0) is 4.79 Å². The van der Waals surface area contributed by atoms with Gasteiger partial charge in [-0.2, -0.15) is 5.26 Å². The molecule has 0 aliphatic heterocycles. The molecule has 1 rings (SSSR count). The first-order valence-electron chi connectivity index (χ1n) is 6.86. The van der Waals surface area contributed by atoms with Crippen molar-refractivity contribution in [3.8, 4) is 6.07 Å². The van der Waals surface area contributed by atoms with Gasteiger partial charge in [-0.05, 0) is 24.1 Å².